The Morgan fingerprint density at radius 2 is 2.27 bits per heavy atom. The van der Waals surface area contributed by atoms with E-state index in [0.717, 1.165) is 25.7 Å². The minimum atomic E-state index is -0.871. The maximum atomic E-state index is 10.8. The molecule has 0 radical (unpaired) electrons. The summed E-state index contributed by atoms with van der Waals surface area (Å²) in [4.78, 5) is 10.8. The molecule has 0 heterocycles. The number of carboxylic acid groups (broad SMARTS) is 1. The van der Waals surface area contributed by atoms with Crippen molar-refractivity contribution in [1.82, 2.24) is 10.9 Å². The first kappa shape index (κ1) is 13.7. The second-order valence-electron chi connectivity index (χ2n) is 3.31. The molecule has 0 rings (SSSR count). The van der Waals surface area contributed by atoms with E-state index in [1.807, 2.05) is 0 Å². The molecule has 0 aliphatic rings. The van der Waals surface area contributed by atoms with Gasteiger partial charge in [0.25, 0.3) is 0 Å². The molecule has 0 saturated carbocycles. The second-order valence-corrected chi connectivity index (χ2v) is 3.31. The summed E-state index contributed by atoms with van der Waals surface area (Å²) >= 11 is 0. The van der Waals surface area contributed by atoms with Crippen molar-refractivity contribution in [3.05, 3.63) is 0 Å². The zero-order chi connectivity index (χ0) is 11.5. The first-order valence-electron chi connectivity index (χ1n) is 5.18. The summed E-state index contributed by atoms with van der Waals surface area (Å²) in [6.45, 7) is 2.12. The highest BCUT2D eigenvalue weighted by atomic mass is 16.4. The Bertz CT molecular complexity index is 197. The number of nitrogens with one attached hydrogen (secondary N) is 2. The van der Waals surface area contributed by atoms with Crippen LogP contribution >= 0.6 is 0 Å². The van der Waals surface area contributed by atoms with E-state index in [9.17, 15) is 4.79 Å². The summed E-state index contributed by atoms with van der Waals surface area (Å²) < 4.78 is 0. The first-order valence-corrected chi connectivity index (χ1v) is 5.18. The number of carbonyl (C=O) groups is 1. The average molecular weight is 216 g/mol. The van der Waals surface area contributed by atoms with Crippen molar-refractivity contribution in [2.45, 2.75) is 45.1 Å². The zero-order valence-corrected chi connectivity index (χ0v) is 9.07. The number of unbranched alkanes of at least 4 members (excludes halogenated alkanes) is 3. The van der Waals surface area contributed by atoms with Gasteiger partial charge in [-0.25, -0.2) is 5.43 Å². The van der Waals surface area contributed by atoms with Gasteiger partial charge in [0.2, 0.25) is 0 Å². The van der Waals surface area contributed by atoms with E-state index in [0.29, 0.717) is 6.42 Å². The van der Waals surface area contributed by atoms with Crippen LogP contribution in [0.5, 0.6) is 0 Å². The molecule has 0 amide bonds. The number of hydrogen-bond donors (Lipinski definition) is 4. The van der Waals surface area contributed by atoms with Gasteiger partial charge < -0.3 is 16.4 Å². The van der Waals surface area contributed by atoms with Crippen LogP contribution in [0, 0.1) is 0 Å². The fraction of sp³-hybridized carbons (Fsp3) is 0.778. The Balaban J connectivity index is 3.68. The lowest BCUT2D eigenvalue weighted by atomic mass is 10.1. The maximum absolute atomic E-state index is 10.8. The van der Waals surface area contributed by atoms with E-state index in [1.54, 1.807) is 0 Å². The third kappa shape index (κ3) is 7.75. The second kappa shape index (κ2) is 9.26. The average Bonchev–Trinajstić information content (AvgIpc) is 2.21. The van der Waals surface area contributed by atoms with E-state index in [2.05, 4.69) is 22.9 Å². The summed E-state index contributed by atoms with van der Waals surface area (Å²) in [5.41, 5.74) is 5.13. The third-order valence-electron chi connectivity index (χ3n) is 2.04. The molecule has 0 aliphatic carbocycles. The number of nitrogens with zero attached hydrogens (tertiary/aromatic N) is 1. The van der Waals surface area contributed by atoms with Gasteiger partial charge in [0.1, 0.15) is 12.4 Å². The normalized spacial score (nSPS) is 12.9. The summed E-state index contributed by atoms with van der Waals surface area (Å²) in [5.74, 6) is 3.98. The van der Waals surface area contributed by atoms with Crippen LogP contribution in [0.15, 0.2) is 5.10 Å². The van der Waals surface area contributed by atoms with Gasteiger partial charge in [-0.05, 0) is 6.42 Å². The number of hydrazone groups is 1. The summed E-state index contributed by atoms with van der Waals surface area (Å²) in [6.07, 6.45) is 6.06. The lowest BCUT2D eigenvalue weighted by molar-refractivity contribution is -0.139. The molecule has 0 spiro atoms. The van der Waals surface area contributed by atoms with Crippen molar-refractivity contribution in [2.24, 2.45) is 10.9 Å². The molecule has 0 fully saturated rings. The van der Waals surface area contributed by atoms with Gasteiger partial charge in [-0.3, -0.25) is 4.79 Å². The van der Waals surface area contributed by atoms with Crippen LogP contribution in [0.1, 0.15) is 39.0 Å². The molecule has 88 valence electrons. The quantitative estimate of drug-likeness (QED) is 0.147. The molecule has 0 saturated heterocycles. The zero-order valence-electron chi connectivity index (χ0n) is 9.07. The van der Waals surface area contributed by atoms with Gasteiger partial charge in [-0.2, -0.15) is 5.10 Å². The van der Waals surface area contributed by atoms with Gasteiger partial charge in [0.15, 0.2) is 0 Å². The number of carboxylic acids is 1. The van der Waals surface area contributed by atoms with Gasteiger partial charge in [-0.1, -0.05) is 32.6 Å². The highest BCUT2D eigenvalue weighted by Crippen LogP contribution is 2.05. The Hall–Kier alpha value is -1.30. The molecule has 0 bridgehead atoms. The smallest absolute Gasteiger partial charge is 0.322 e. The van der Waals surface area contributed by atoms with Crippen LogP contribution in [-0.2, 0) is 4.79 Å². The molecule has 6 heteroatoms. The van der Waals surface area contributed by atoms with E-state index in [1.165, 1.54) is 6.34 Å². The van der Waals surface area contributed by atoms with E-state index >= 15 is 0 Å². The summed E-state index contributed by atoms with van der Waals surface area (Å²) in [5, 5.41) is 12.0. The highest BCUT2D eigenvalue weighted by Gasteiger charge is 2.15. The summed E-state index contributed by atoms with van der Waals surface area (Å²) in [6, 6.07) is -0.597. The first-order chi connectivity index (χ1) is 7.22. The molecule has 1 atom stereocenters. The molecular weight excluding hydrogens is 196 g/mol. The number of hydrogen-bond acceptors (Lipinski definition) is 4. The summed E-state index contributed by atoms with van der Waals surface area (Å²) in [7, 11) is 0. The van der Waals surface area contributed by atoms with Crippen molar-refractivity contribution in [2.75, 3.05) is 0 Å². The van der Waals surface area contributed by atoms with Crippen molar-refractivity contribution in [3.8, 4) is 0 Å². The lowest BCUT2D eigenvalue weighted by Crippen LogP contribution is -2.45. The molecular formula is C9H20N4O2. The molecule has 1 unspecified atom stereocenters. The largest absolute Gasteiger partial charge is 0.480 e. The van der Waals surface area contributed by atoms with Crippen molar-refractivity contribution >= 4 is 12.3 Å². The molecule has 0 aliphatic heterocycles. The molecule has 0 aromatic rings. The molecule has 0 aromatic heterocycles. The van der Waals surface area contributed by atoms with Gasteiger partial charge >= 0.3 is 5.97 Å². The number of rotatable bonds is 9. The molecule has 0 aromatic carbocycles. The topological polar surface area (TPSA) is 99.7 Å². The van der Waals surface area contributed by atoms with Crippen LogP contribution in [0.25, 0.3) is 0 Å². The lowest BCUT2D eigenvalue weighted by Gasteiger charge is -2.13. The fourth-order valence-electron chi connectivity index (χ4n) is 1.21. The van der Waals surface area contributed by atoms with Crippen LogP contribution in [0.3, 0.4) is 0 Å². The van der Waals surface area contributed by atoms with Crippen LogP contribution in [0.4, 0.5) is 0 Å². The molecule has 5 N–H and O–H groups in total. The van der Waals surface area contributed by atoms with E-state index < -0.39 is 12.0 Å². The Labute approximate surface area is 89.9 Å². The predicted octanol–water partition coefficient (Wildman–Crippen LogP) is 0.406. The SMILES string of the molecule is CCCCCCC(NNC=NN)C(=O)O. The maximum Gasteiger partial charge on any atom is 0.322 e. The van der Waals surface area contributed by atoms with Crippen LogP contribution < -0.4 is 16.7 Å². The van der Waals surface area contributed by atoms with E-state index in [-0.39, 0.29) is 0 Å². The number of nitrogens with two attached hydrogens (primary N) is 1. The highest BCUT2D eigenvalue weighted by molar-refractivity contribution is 5.73. The van der Waals surface area contributed by atoms with E-state index in [4.69, 9.17) is 10.9 Å². The van der Waals surface area contributed by atoms with Crippen molar-refractivity contribution in [1.29, 1.82) is 0 Å². The van der Waals surface area contributed by atoms with Gasteiger partial charge in [-0.15, -0.1) is 0 Å². The number of aliphatic carboxylic acids is 1. The fourth-order valence-corrected chi connectivity index (χ4v) is 1.21. The van der Waals surface area contributed by atoms with Gasteiger partial charge in [0, 0.05) is 0 Å². The molecule has 6 nitrogen and oxygen atoms in total. The van der Waals surface area contributed by atoms with Gasteiger partial charge in [0.05, 0.1) is 0 Å². The Kier molecular flexibility index (Phi) is 8.46. The minimum absolute atomic E-state index is 0.597. The third-order valence-corrected chi connectivity index (χ3v) is 2.04. The molecule has 15 heavy (non-hydrogen) atoms. The predicted molar refractivity (Wildman–Crippen MR) is 59.1 cm³/mol. The number of hydrazine groups is 1. The Morgan fingerprint density at radius 3 is 2.80 bits per heavy atom. The van der Waals surface area contributed by atoms with Crippen LogP contribution in [0.2, 0.25) is 0 Å². The standard InChI is InChI=1S/C9H20N4O2/c1-2-3-4-5-6-8(9(14)15)13-12-7-11-10/h7-8,13H,2-6,10H2,1H3,(H,11,12)(H,14,15). The van der Waals surface area contributed by atoms with Crippen LogP contribution in [-0.4, -0.2) is 23.5 Å². The Morgan fingerprint density at radius 1 is 1.53 bits per heavy atom. The monoisotopic (exact) mass is 216 g/mol. The van der Waals surface area contributed by atoms with Crippen molar-refractivity contribution < 1.29 is 9.90 Å². The van der Waals surface area contributed by atoms with Crippen molar-refractivity contribution in [3.63, 3.8) is 0 Å². The minimum Gasteiger partial charge on any atom is -0.480 e.